The summed E-state index contributed by atoms with van der Waals surface area (Å²) in [5.41, 5.74) is 3.77. The third-order valence-corrected chi connectivity index (χ3v) is 7.76. The molecular weight excluding hydrogens is 468 g/mol. The predicted octanol–water partition coefficient (Wildman–Crippen LogP) is 1.23. The Bertz CT molecular complexity index is 1240. The molecule has 0 bridgehead atoms. The Morgan fingerprint density at radius 1 is 1.25 bits per heavy atom. The number of ketones is 2. The van der Waals surface area contributed by atoms with E-state index >= 15 is 0 Å². The fourth-order valence-corrected chi connectivity index (χ4v) is 6.18. The number of phenols is 1. The number of Topliss-reactive ketones (excluding diaryl/α,β-unsaturated/α-hetero) is 2. The van der Waals surface area contributed by atoms with E-state index in [2.05, 4.69) is 0 Å². The van der Waals surface area contributed by atoms with E-state index in [0.717, 1.165) is 5.56 Å². The maximum absolute atomic E-state index is 13.9. The number of carbonyl (C=O) groups is 3. The van der Waals surface area contributed by atoms with Gasteiger partial charge in [0.15, 0.2) is 11.4 Å². The average Bonchev–Trinajstić information content (AvgIpc) is 2.77. The van der Waals surface area contributed by atoms with Crippen LogP contribution in [-0.2, 0) is 32.1 Å². The van der Waals surface area contributed by atoms with Gasteiger partial charge in [0.05, 0.1) is 18.2 Å². The molecule has 4 rings (SSSR count). The van der Waals surface area contributed by atoms with E-state index in [-0.39, 0.29) is 42.3 Å². The molecule has 0 heterocycles. The number of rotatable bonds is 5. The molecule has 0 aliphatic heterocycles. The Kier molecular flexibility index (Phi) is 6.27. The lowest BCUT2D eigenvalue weighted by molar-refractivity contribution is -0.153. The highest BCUT2D eigenvalue weighted by Crippen LogP contribution is 2.53. The zero-order valence-corrected chi connectivity index (χ0v) is 21.0. The van der Waals surface area contributed by atoms with Gasteiger partial charge in [-0.25, -0.2) is 0 Å². The first-order chi connectivity index (χ1) is 16.8. The van der Waals surface area contributed by atoms with E-state index < -0.39 is 58.0 Å². The number of phenolic OH excluding ortho intramolecular Hbond substituents is 1. The highest BCUT2D eigenvalue weighted by atomic mass is 16.5. The molecule has 0 radical (unpaired) electrons. The number of ether oxygens (including phenoxy) is 1. The van der Waals surface area contributed by atoms with Crippen molar-refractivity contribution in [3.8, 4) is 5.75 Å². The van der Waals surface area contributed by atoms with Crippen LogP contribution in [0.2, 0.25) is 0 Å². The lowest BCUT2D eigenvalue weighted by Crippen LogP contribution is -2.65. The zero-order valence-electron chi connectivity index (χ0n) is 21.0. The summed E-state index contributed by atoms with van der Waals surface area (Å²) in [6.45, 7) is 4.02. The highest BCUT2D eigenvalue weighted by Gasteiger charge is 2.64. The van der Waals surface area contributed by atoms with Gasteiger partial charge in [0.25, 0.3) is 5.91 Å². The van der Waals surface area contributed by atoms with E-state index in [0.29, 0.717) is 11.1 Å². The zero-order chi connectivity index (χ0) is 26.9. The molecule has 1 aromatic rings. The van der Waals surface area contributed by atoms with E-state index in [1.807, 2.05) is 19.9 Å². The number of hydrogen-bond acceptors (Lipinski definition) is 9. The molecule has 1 saturated carbocycles. The largest absolute Gasteiger partial charge is 0.508 e. The van der Waals surface area contributed by atoms with Crippen LogP contribution in [0, 0.1) is 11.8 Å². The van der Waals surface area contributed by atoms with Crippen LogP contribution in [0.4, 0.5) is 0 Å². The number of carbonyl (C=O) groups excluding carboxylic acids is 3. The SMILES string of the molecule is COCc1cc(C(C)C)c2c(c1O)C(O)=C1C(=O)[C@]3(O)C(O)=C(C(N)=O)C(=O)[C@@H](N(C)C)[C@@H]3C[C@@H]1C2. The van der Waals surface area contributed by atoms with Crippen LogP contribution in [0.15, 0.2) is 23.0 Å². The summed E-state index contributed by atoms with van der Waals surface area (Å²) in [6.07, 6.45) is 0.326. The highest BCUT2D eigenvalue weighted by molar-refractivity contribution is 6.24. The minimum absolute atomic E-state index is 0.0245. The molecule has 1 aromatic carbocycles. The van der Waals surface area contributed by atoms with Crippen LogP contribution >= 0.6 is 0 Å². The second-order valence-corrected chi connectivity index (χ2v) is 10.4. The molecule has 6 N–H and O–H groups in total. The van der Waals surface area contributed by atoms with Crippen LogP contribution < -0.4 is 5.73 Å². The Morgan fingerprint density at radius 2 is 1.89 bits per heavy atom. The number of benzene rings is 1. The predicted molar refractivity (Wildman–Crippen MR) is 129 cm³/mol. The summed E-state index contributed by atoms with van der Waals surface area (Å²) in [6, 6.07) is 0.715. The summed E-state index contributed by atoms with van der Waals surface area (Å²) in [5.74, 6) is -6.56. The quantitative estimate of drug-likeness (QED) is 0.373. The first-order valence-electron chi connectivity index (χ1n) is 11.8. The molecule has 194 valence electrons. The first kappa shape index (κ1) is 25.9. The normalized spacial score (nSPS) is 27.9. The molecule has 0 aromatic heterocycles. The molecule has 1 fully saturated rings. The second kappa shape index (κ2) is 8.72. The summed E-state index contributed by atoms with van der Waals surface area (Å²) in [4.78, 5) is 40.6. The smallest absolute Gasteiger partial charge is 0.255 e. The van der Waals surface area contributed by atoms with Crippen LogP contribution in [0.1, 0.15) is 48.4 Å². The third kappa shape index (κ3) is 3.39. The van der Waals surface area contributed by atoms with E-state index in [1.165, 1.54) is 12.0 Å². The summed E-state index contributed by atoms with van der Waals surface area (Å²) < 4.78 is 5.19. The van der Waals surface area contributed by atoms with Gasteiger partial charge in [-0.1, -0.05) is 13.8 Å². The monoisotopic (exact) mass is 500 g/mol. The maximum atomic E-state index is 13.9. The Morgan fingerprint density at radius 3 is 2.42 bits per heavy atom. The van der Waals surface area contributed by atoms with Crippen molar-refractivity contribution in [2.45, 2.75) is 50.9 Å². The lowest BCUT2D eigenvalue weighted by atomic mass is 9.57. The Hall–Kier alpha value is -3.21. The number of aliphatic hydroxyl groups is 3. The van der Waals surface area contributed by atoms with Crippen LogP contribution in [0.3, 0.4) is 0 Å². The van der Waals surface area contributed by atoms with Gasteiger partial charge in [-0.05, 0) is 56.0 Å². The van der Waals surface area contributed by atoms with E-state index in [9.17, 15) is 34.8 Å². The number of nitrogens with two attached hydrogens (primary N) is 1. The topological polar surface area (TPSA) is 171 Å². The van der Waals surface area contributed by atoms with Crippen molar-refractivity contribution in [3.63, 3.8) is 0 Å². The number of amides is 1. The molecular formula is C26H32N2O8. The number of aromatic hydroxyl groups is 1. The Balaban J connectivity index is 2.00. The van der Waals surface area contributed by atoms with Crippen LogP contribution in [0.25, 0.3) is 5.76 Å². The number of methoxy groups -OCH3 is 1. The lowest BCUT2D eigenvalue weighted by Gasteiger charge is -2.50. The van der Waals surface area contributed by atoms with Crippen molar-refractivity contribution in [2.24, 2.45) is 17.6 Å². The number of likely N-dealkylation sites (N-methyl/N-ethyl adjacent to an activating group) is 1. The minimum atomic E-state index is -2.65. The van der Waals surface area contributed by atoms with Gasteiger partial charge in [-0.15, -0.1) is 0 Å². The molecule has 1 amide bonds. The van der Waals surface area contributed by atoms with Gasteiger partial charge in [0.1, 0.15) is 22.8 Å². The van der Waals surface area contributed by atoms with Crippen molar-refractivity contribution in [1.29, 1.82) is 0 Å². The van der Waals surface area contributed by atoms with Gasteiger partial charge in [0, 0.05) is 24.2 Å². The first-order valence-corrected chi connectivity index (χ1v) is 11.8. The van der Waals surface area contributed by atoms with Gasteiger partial charge in [-0.3, -0.25) is 19.3 Å². The van der Waals surface area contributed by atoms with Gasteiger partial charge >= 0.3 is 0 Å². The Labute approximate surface area is 208 Å². The summed E-state index contributed by atoms with van der Waals surface area (Å²) in [7, 11) is 4.61. The minimum Gasteiger partial charge on any atom is -0.508 e. The number of primary amides is 1. The molecule has 0 spiro atoms. The van der Waals surface area contributed by atoms with Crippen molar-refractivity contribution < 1.29 is 39.5 Å². The fourth-order valence-electron chi connectivity index (χ4n) is 6.18. The number of fused-ring (bicyclic) bond motifs is 3. The molecule has 3 aliphatic rings. The van der Waals surface area contributed by atoms with Crippen molar-refractivity contribution in [3.05, 3.63) is 45.2 Å². The molecule has 36 heavy (non-hydrogen) atoms. The van der Waals surface area contributed by atoms with Crippen LogP contribution in [-0.4, -0.2) is 75.6 Å². The molecule has 4 atom stereocenters. The molecule has 3 aliphatic carbocycles. The number of aliphatic hydroxyl groups excluding tert-OH is 2. The van der Waals surface area contributed by atoms with E-state index in [4.69, 9.17) is 10.5 Å². The van der Waals surface area contributed by atoms with Gasteiger partial charge < -0.3 is 30.9 Å². The van der Waals surface area contributed by atoms with Gasteiger partial charge in [0.2, 0.25) is 5.78 Å². The van der Waals surface area contributed by atoms with E-state index in [1.54, 1.807) is 14.1 Å². The van der Waals surface area contributed by atoms with Crippen molar-refractivity contribution in [2.75, 3.05) is 21.2 Å². The third-order valence-electron chi connectivity index (χ3n) is 7.76. The number of hydrogen-bond donors (Lipinski definition) is 5. The van der Waals surface area contributed by atoms with Crippen molar-refractivity contribution in [1.82, 2.24) is 4.90 Å². The number of nitrogens with zero attached hydrogens (tertiary/aromatic N) is 1. The van der Waals surface area contributed by atoms with Gasteiger partial charge in [-0.2, -0.15) is 0 Å². The van der Waals surface area contributed by atoms with Crippen LogP contribution in [0.5, 0.6) is 5.75 Å². The molecule has 10 nitrogen and oxygen atoms in total. The second-order valence-electron chi connectivity index (χ2n) is 10.4. The molecule has 0 unspecified atom stereocenters. The average molecular weight is 501 g/mol. The van der Waals surface area contributed by atoms with Crippen molar-refractivity contribution >= 4 is 23.2 Å². The molecule has 10 heteroatoms. The maximum Gasteiger partial charge on any atom is 0.255 e. The fraction of sp³-hybridized carbons (Fsp3) is 0.500. The summed E-state index contributed by atoms with van der Waals surface area (Å²) in [5, 5.41) is 45.0. The standard InChI is InChI=1S/C26H32N2O8/c1-10(2)13-7-12(9-36-5)20(29)17-14(13)6-11-8-15-19(28(3)4)22(31)18(25(27)34)24(33)26(15,35)23(32)16(11)21(17)30/h7,10-11,15,19,29-30,33,35H,6,8-9H2,1-5H3,(H2,27,34)/t11-,15-,19-,26-/m0/s1. The summed E-state index contributed by atoms with van der Waals surface area (Å²) >= 11 is 0. The molecule has 0 saturated heterocycles.